The second-order valence-corrected chi connectivity index (χ2v) is 13.5. The number of hydrogen-bond acceptors (Lipinski definition) is 1. The van der Waals surface area contributed by atoms with E-state index in [1.54, 1.807) is 6.07 Å². The van der Waals surface area contributed by atoms with E-state index in [0.717, 1.165) is 82.8 Å². The van der Waals surface area contributed by atoms with Crippen molar-refractivity contribution in [3.8, 4) is 50.8 Å². The lowest BCUT2D eigenvalue weighted by atomic mass is 9.94. The minimum Gasteiger partial charge on any atom is -0.309 e. The number of para-hydroxylation sites is 2. The molecule has 4 heteroatoms. The molecule has 0 fully saturated rings. The summed E-state index contributed by atoms with van der Waals surface area (Å²) in [4.78, 5) is 4.04. The SMILES string of the molecule is [C-]#[N+]c1cccc(C#N)c1-c1c(-n2c3ccc(-c4ccccc4)cc3c3cc(-c4ccccc4)ccc32)ccc2c3ccccc3n(-c3ccccc3)c12. The van der Waals surface area contributed by atoms with E-state index in [9.17, 15) is 5.26 Å². The Labute approximate surface area is 312 Å². The van der Waals surface area contributed by atoms with Crippen molar-refractivity contribution in [2.45, 2.75) is 0 Å². The summed E-state index contributed by atoms with van der Waals surface area (Å²) in [5.74, 6) is 0. The van der Waals surface area contributed by atoms with Gasteiger partial charge in [-0.2, -0.15) is 5.26 Å². The molecule has 4 nitrogen and oxygen atoms in total. The van der Waals surface area contributed by atoms with Crippen LogP contribution < -0.4 is 0 Å². The molecule has 0 N–H and O–H groups in total. The van der Waals surface area contributed by atoms with E-state index in [4.69, 9.17) is 6.57 Å². The van der Waals surface area contributed by atoms with Crippen LogP contribution in [0.15, 0.2) is 182 Å². The summed E-state index contributed by atoms with van der Waals surface area (Å²) in [5.41, 5.74) is 12.9. The highest BCUT2D eigenvalue weighted by Crippen LogP contribution is 2.48. The quantitative estimate of drug-likeness (QED) is 0.166. The molecule has 0 saturated carbocycles. The highest BCUT2D eigenvalue weighted by atomic mass is 15.0. The zero-order valence-corrected chi connectivity index (χ0v) is 29.1. The van der Waals surface area contributed by atoms with Gasteiger partial charge >= 0.3 is 0 Å². The average Bonchev–Trinajstić information content (AvgIpc) is 3.76. The Morgan fingerprint density at radius 3 is 1.63 bits per heavy atom. The molecule has 8 aromatic carbocycles. The molecule has 0 aliphatic carbocycles. The minimum absolute atomic E-state index is 0.436. The van der Waals surface area contributed by atoms with E-state index in [-0.39, 0.29) is 0 Å². The van der Waals surface area contributed by atoms with Crippen molar-refractivity contribution >= 4 is 49.3 Å². The zero-order valence-electron chi connectivity index (χ0n) is 29.1. The molecule has 2 heterocycles. The first-order valence-corrected chi connectivity index (χ1v) is 18.0. The van der Waals surface area contributed by atoms with Gasteiger partial charge in [0.2, 0.25) is 0 Å². The largest absolute Gasteiger partial charge is 0.309 e. The second-order valence-electron chi connectivity index (χ2n) is 13.5. The monoisotopic (exact) mass is 686 g/mol. The van der Waals surface area contributed by atoms with Crippen molar-refractivity contribution in [3.05, 3.63) is 199 Å². The van der Waals surface area contributed by atoms with Gasteiger partial charge in [0.25, 0.3) is 0 Å². The predicted octanol–water partition coefficient (Wildman–Crippen LogP) is 13.3. The molecule has 10 aromatic rings. The van der Waals surface area contributed by atoms with Gasteiger partial charge in [-0.3, -0.25) is 0 Å². The standard InChI is InChI=1S/C50H30N4/c1-52-43-22-13-18-37(32-51)48(43)49-47(29-26-40-39-21-11-12-23-44(39)53(50(40)49)38-19-9-4-10-20-38)54-45-27-24-35(33-14-5-2-6-15-33)30-41(45)42-31-36(25-28-46(42)54)34-16-7-3-8-17-34/h2-31H. The number of nitriles is 1. The van der Waals surface area contributed by atoms with Gasteiger partial charge in [0.05, 0.1) is 40.4 Å². The van der Waals surface area contributed by atoms with Crippen LogP contribution in [0.1, 0.15) is 5.56 Å². The minimum atomic E-state index is 0.436. The number of benzene rings is 8. The van der Waals surface area contributed by atoms with Gasteiger partial charge in [-0.05, 0) is 76.9 Å². The van der Waals surface area contributed by atoms with E-state index in [0.29, 0.717) is 16.8 Å². The molecule has 2 aromatic heterocycles. The maximum atomic E-state index is 10.7. The van der Waals surface area contributed by atoms with Crippen molar-refractivity contribution < 1.29 is 0 Å². The van der Waals surface area contributed by atoms with E-state index in [2.05, 4.69) is 166 Å². The summed E-state index contributed by atoms with van der Waals surface area (Å²) in [5, 5.41) is 15.1. The van der Waals surface area contributed by atoms with Crippen LogP contribution in [0.4, 0.5) is 5.69 Å². The molecule has 0 aliphatic heterocycles. The number of rotatable bonds is 5. The van der Waals surface area contributed by atoms with Crippen LogP contribution in [0.25, 0.3) is 93.2 Å². The predicted molar refractivity (Wildman–Crippen MR) is 222 cm³/mol. The van der Waals surface area contributed by atoms with E-state index >= 15 is 0 Å². The smallest absolute Gasteiger partial charge is 0.196 e. The lowest BCUT2D eigenvalue weighted by Crippen LogP contribution is -2.02. The third-order valence-electron chi connectivity index (χ3n) is 10.6. The summed E-state index contributed by atoms with van der Waals surface area (Å²) in [6, 6.07) is 65.5. The van der Waals surface area contributed by atoms with Crippen LogP contribution in [0.2, 0.25) is 0 Å². The topological polar surface area (TPSA) is 38.0 Å². The number of fused-ring (bicyclic) bond motifs is 6. The highest BCUT2D eigenvalue weighted by Gasteiger charge is 2.26. The average molecular weight is 687 g/mol. The molecular formula is C50H30N4. The van der Waals surface area contributed by atoms with Crippen molar-refractivity contribution in [1.82, 2.24) is 9.13 Å². The van der Waals surface area contributed by atoms with Crippen molar-refractivity contribution in [2.24, 2.45) is 0 Å². The zero-order chi connectivity index (χ0) is 36.2. The van der Waals surface area contributed by atoms with E-state index < -0.39 is 0 Å². The van der Waals surface area contributed by atoms with Crippen LogP contribution in [-0.2, 0) is 0 Å². The van der Waals surface area contributed by atoms with Gasteiger partial charge in [-0.15, -0.1) is 0 Å². The molecule has 0 amide bonds. The van der Waals surface area contributed by atoms with Gasteiger partial charge in [-0.1, -0.05) is 127 Å². The van der Waals surface area contributed by atoms with Gasteiger partial charge < -0.3 is 9.13 Å². The molecule has 0 unspecified atom stereocenters. The highest BCUT2D eigenvalue weighted by molar-refractivity contribution is 6.18. The summed E-state index contributed by atoms with van der Waals surface area (Å²) in [6.45, 7) is 8.36. The summed E-state index contributed by atoms with van der Waals surface area (Å²) >= 11 is 0. The Morgan fingerprint density at radius 2 is 1.02 bits per heavy atom. The molecule has 0 radical (unpaired) electrons. The fourth-order valence-electron chi connectivity index (χ4n) is 8.22. The number of hydrogen-bond donors (Lipinski definition) is 0. The van der Waals surface area contributed by atoms with E-state index in [1.807, 2.05) is 30.3 Å². The summed E-state index contributed by atoms with van der Waals surface area (Å²) in [6.07, 6.45) is 0. The Balaban J connectivity index is 1.40. The van der Waals surface area contributed by atoms with Crippen LogP contribution in [0.3, 0.4) is 0 Å². The fourth-order valence-corrected chi connectivity index (χ4v) is 8.22. The Bertz CT molecular complexity index is 3030. The van der Waals surface area contributed by atoms with Crippen LogP contribution >= 0.6 is 0 Å². The number of aromatic nitrogens is 2. The summed E-state index contributed by atoms with van der Waals surface area (Å²) < 4.78 is 4.62. The maximum absolute atomic E-state index is 10.7. The van der Waals surface area contributed by atoms with Crippen molar-refractivity contribution in [3.63, 3.8) is 0 Å². The Morgan fingerprint density at radius 1 is 0.444 bits per heavy atom. The fraction of sp³-hybridized carbons (Fsp3) is 0. The molecule has 54 heavy (non-hydrogen) atoms. The molecule has 0 spiro atoms. The molecule has 0 saturated heterocycles. The van der Waals surface area contributed by atoms with Crippen molar-refractivity contribution in [1.29, 1.82) is 5.26 Å². The summed E-state index contributed by atoms with van der Waals surface area (Å²) in [7, 11) is 0. The van der Waals surface area contributed by atoms with E-state index in [1.165, 1.54) is 0 Å². The third kappa shape index (κ3) is 4.76. The lowest BCUT2D eigenvalue weighted by molar-refractivity contribution is 1.16. The van der Waals surface area contributed by atoms with Gasteiger partial charge in [0, 0.05) is 43.9 Å². The Hall–Kier alpha value is -7.66. The first-order chi connectivity index (χ1) is 26.7. The number of nitrogens with zero attached hydrogens (tertiary/aromatic N) is 4. The van der Waals surface area contributed by atoms with Crippen molar-refractivity contribution in [2.75, 3.05) is 0 Å². The molecule has 10 rings (SSSR count). The second kappa shape index (κ2) is 12.5. The van der Waals surface area contributed by atoms with Gasteiger partial charge in [-0.25, -0.2) is 4.85 Å². The third-order valence-corrected chi connectivity index (χ3v) is 10.6. The molecule has 0 bridgehead atoms. The van der Waals surface area contributed by atoms with Gasteiger partial charge in [0.1, 0.15) is 0 Å². The lowest BCUT2D eigenvalue weighted by Gasteiger charge is -2.20. The first kappa shape index (κ1) is 31.1. The maximum Gasteiger partial charge on any atom is 0.196 e. The van der Waals surface area contributed by atoms with Crippen LogP contribution in [-0.4, -0.2) is 9.13 Å². The first-order valence-electron chi connectivity index (χ1n) is 18.0. The van der Waals surface area contributed by atoms with Gasteiger partial charge in [0.15, 0.2) is 5.69 Å². The molecule has 0 aliphatic rings. The molecular weight excluding hydrogens is 657 g/mol. The molecule has 0 atom stereocenters. The van der Waals surface area contributed by atoms with Crippen LogP contribution in [0, 0.1) is 17.9 Å². The molecule has 250 valence electrons. The Kier molecular flexibility index (Phi) is 7.22. The normalized spacial score (nSPS) is 11.3. The van der Waals surface area contributed by atoms with Crippen LogP contribution in [0.5, 0.6) is 0 Å².